The Labute approximate surface area is 117 Å². The molecule has 1 aromatic rings. The molecule has 0 aromatic carbocycles. The Morgan fingerprint density at radius 2 is 2.39 bits per heavy atom. The quantitative estimate of drug-likeness (QED) is 0.920. The lowest BCUT2D eigenvalue weighted by molar-refractivity contribution is -0.0687. The fraction of sp³-hybridized carbons (Fsp3) is 0.615. The van der Waals surface area contributed by atoms with Crippen LogP contribution in [0.25, 0.3) is 0 Å². The second-order valence-corrected chi connectivity index (χ2v) is 5.39. The van der Waals surface area contributed by atoms with Gasteiger partial charge in [0.15, 0.2) is 0 Å². The molecule has 100 valence electrons. The van der Waals surface area contributed by atoms with Gasteiger partial charge in [0.25, 0.3) is 0 Å². The second kappa shape index (κ2) is 6.61. The molecule has 2 unspecified atom stereocenters. The number of rotatable bonds is 4. The topological polar surface area (TPSA) is 37.4 Å². The van der Waals surface area contributed by atoms with Crippen molar-refractivity contribution in [2.45, 2.75) is 19.1 Å². The maximum atomic E-state index is 5.91. The minimum Gasteiger partial charge on any atom is -0.374 e. The van der Waals surface area contributed by atoms with E-state index in [-0.39, 0.29) is 12.1 Å². The molecule has 1 saturated heterocycles. The van der Waals surface area contributed by atoms with Gasteiger partial charge in [-0.1, -0.05) is 6.92 Å². The van der Waals surface area contributed by atoms with Gasteiger partial charge in [0.2, 0.25) is 0 Å². The molecule has 2 heterocycles. The van der Waals surface area contributed by atoms with Crippen molar-refractivity contribution in [2.75, 3.05) is 33.3 Å². The predicted octanol–water partition coefficient (Wildman–Crippen LogP) is 1.83. The molecule has 1 N–H and O–H groups in total. The molecule has 2 atom stereocenters. The Morgan fingerprint density at radius 3 is 3.06 bits per heavy atom. The lowest BCUT2D eigenvalue weighted by Crippen LogP contribution is -2.48. The van der Waals surface area contributed by atoms with Crippen molar-refractivity contribution in [1.29, 1.82) is 0 Å². The molecule has 0 spiro atoms. The molecule has 1 aromatic heterocycles. The third-order valence-electron chi connectivity index (χ3n) is 3.34. The minimum atomic E-state index is 0.180. The predicted molar refractivity (Wildman–Crippen MR) is 75.6 cm³/mol. The molecule has 0 aliphatic carbocycles. The van der Waals surface area contributed by atoms with E-state index in [0.717, 1.165) is 30.7 Å². The molecule has 0 bridgehead atoms. The highest BCUT2D eigenvalue weighted by molar-refractivity contribution is 9.10. The molecule has 0 saturated carbocycles. The van der Waals surface area contributed by atoms with E-state index < -0.39 is 0 Å². The van der Waals surface area contributed by atoms with E-state index in [1.807, 2.05) is 19.4 Å². The van der Waals surface area contributed by atoms with Crippen LogP contribution in [0, 0.1) is 0 Å². The van der Waals surface area contributed by atoms with Gasteiger partial charge in [0.1, 0.15) is 0 Å². The second-order valence-electron chi connectivity index (χ2n) is 4.48. The highest BCUT2D eigenvalue weighted by atomic mass is 79.9. The standard InChI is InChI=1S/C13H20BrN3O/c1-3-17-4-5-18-12(9-15-2)13(17)10-6-11(14)8-16-7-10/h6-8,12-13,15H,3-5,9H2,1-2H3. The molecular formula is C13H20BrN3O. The summed E-state index contributed by atoms with van der Waals surface area (Å²) in [6.45, 7) is 5.86. The van der Waals surface area contributed by atoms with Gasteiger partial charge in [-0.3, -0.25) is 9.88 Å². The summed E-state index contributed by atoms with van der Waals surface area (Å²) >= 11 is 3.49. The Hall–Kier alpha value is -0.490. The molecule has 5 heteroatoms. The van der Waals surface area contributed by atoms with Crippen LogP contribution in [-0.2, 0) is 4.74 Å². The smallest absolute Gasteiger partial charge is 0.0896 e. The number of hydrogen-bond acceptors (Lipinski definition) is 4. The number of nitrogens with zero attached hydrogens (tertiary/aromatic N) is 2. The molecule has 18 heavy (non-hydrogen) atoms. The number of nitrogens with one attached hydrogen (secondary N) is 1. The first-order valence-corrected chi connectivity index (χ1v) is 7.16. The summed E-state index contributed by atoms with van der Waals surface area (Å²) in [5, 5.41) is 3.21. The van der Waals surface area contributed by atoms with Gasteiger partial charge < -0.3 is 10.1 Å². The van der Waals surface area contributed by atoms with E-state index in [0.29, 0.717) is 0 Å². The van der Waals surface area contributed by atoms with E-state index in [1.54, 1.807) is 0 Å². The zero-order valence-corrected chi connectivity index (χ0v) is 12.5. The Bertz CT molecular complexity index is 386. The summed E-state index contributed by atoms with van der Waals surface area (Å²) in [7, 11) is 1.96. The zero-order chi connectivity index (χ0) is 13.0. The van der Waals surface area contributed by atoms with Gasteiger partial charge in [-0.25, -0.2) is 0 Å². The van der Waals surface area contributed by atoms with Crippen LogP contribution in [0.1, 0.15) is 18.5 Å². The number of ether oxygens (including phenoxy) is 1. The van der Waals surface area contributed by atoms with Gasteiger partial charge in [0, 0.05) is 30.0 Å². The van der Waals surface area contributed by atoms with Crippen molar-refractivity contribution >= 4 is 15.9 Å². The summed E-state index contributed by atoms with van der Waals surface area (Å²) < 4.78 is 6.93. The van der Waals surface area contributed by atoms with Gasteiger partial charge in [0.05, 0.1) is 18.8 Å². The third-order valence-corrected chi connectivity index (χ3v) is 3.77. The van der Waals surface area contributed by atoms with Crippen molar-refractivity contribution < 1.29 is 4.74 Å². The van der Waals surface area contributed by atoms with E-state index in [1.165, 1.54) is 5.56 Å². The normalized spacial score (nSPS) is 25.3. The van der Waals surface area contributed by atoms with Crippen LogP contribution in [0.3, 0.4) is 0 Å². The lowest BCUT2D eigenvalue weighted by Gasteiger charge is -2.41. The van der Waals surface area contributed by atoms with Crippen molar-refractivity contribution in [3.63, 3.8) is 0 Å². The first-order chi connectivity index (χ1) is 8.76. The van der Waals surface area contributed by atoms with Crippen LogP contribution < -0.4 is 5.32 Å². The highest BCUT2D eigenvalue weighted by Crippen LogP contribution is 2.29. The maximum Gasteiger partial charge on any atom is 0.0896 e. The largest absolute Gasteiger partial charge is 0.374 e. The maximum absolute atomic E-state index is 5.91. The summed E-state index contributed by atoms with van der Waals surface area (Å²) in [5.74, 6) is 0. The summed E-state index contributed by atoms with van der Waals surface area (Å²) in [6.07, 6.45) is 3.94. The van der Waals surface area contributed by atoms with Crippen molar-refractivity contribution in [3.8, 4) is 0 Å². The highest BCUT2D eigenvalue weighted by Gasteiger charge is 2.32. The molecule has 0 radical (unpaired) electrons. The molecular weight excluding hydrogens is 294 g/mol. The lowest BCUT2D eigenvalue weighted by atomic mass is 9.99. The Morgan fingerprint density at radius 1 is 1.56 bits per heavy atom. The van der Waals surface area contributed by atoms with Gasteiger partial charge in [-0.2, -0.15) is 0 Å². The Balaban J connectivity index is 2.27. The van der Waals surface area contributed by atoms with E-state index >= 15 is 0 Å². The molecule has 2 rings (SSSR count). The molecule has 1 aliphatic heterocycles. The van der Waals surface area contributed by atoms with Crippen LogP contribution in [0.2, 0.25) is 0 Å². The van der Waals surface area contributed by atoms with Crippen molar-refractivity contribution in [2.24, 2.45) is 0 Å². The fourth-order valence-electron chi connectivity index (χ4n) is 2.53. The van der Waals surface area contributed by atoms with Crippen LogP contribution in [0.4, 0.5) is 0 Å². The van der Waals surface area contributed by atoms with Gasteiger partial charge in [-0.15, -0.1) is 0 Å². The molecule has 1 fully saturated rings. The first-order valence-electron chi connectivity index (χ1n) is 6.37. The Kier molecular flexibility index (Phi) is 5.12. The summed E-state index contributed by atoms with van der Waals surface area (Å²) in [5.41, 5.74) is 1.21. The fourth-order valence-corrected chi connectivity index (χ4v) is 2.91. The first kappa shape index (κ1) is 13.9. The minimum absolute atomic E-state index is 0.180. The van der Waals surface area contributed by atoms with E-state index in [4.69, 9.17) is 4.74 Å². The van der Waals surface area contributed by atoms with E-state index in [9.17, 15) is 0 Å². The van der Waals surface area contributed by atoms with Crippen molar-refractivity contribution in [3.05, 3.63) is 28.5 Å². The van der Waals surface area contributed by atoms with Gasteiger partial charge >= 0.3 is 0 Å². The number of aromatic nitrogens is 1. The van der Waals surface area contributed by atoms with Crippen LogP contribution in [0.5, 0.6) is 0 Å². The number of likely N-dealkylation sites (N-methyl/N-ethyl adjacent to an activating group) is 2. The molecule has 1 aliphatic rings. The van der Waals surface area contributed by atoms with Gasteiger partial charge in [-0.05, 0) is 41.2 Å². The summed E-state index contributed by atoms with van der Waals surface area (Å²) in [4.78, 5) is 6.73. The number of pyridine rings is 1. The van der Waals surface area contributed by atoms with Crippen LogP contribution in [-0.4, -0.2) is 49.3 Å². The summed E-state index contributed by atoms with van der Waals surface area (Å²) in [6, 6.07) is 2.42. The SMILES string of the molecule is CCN1CCOC(CNC)C1c1cncc(Br)c1. The van der Waals surface area contributed by atoms with Crippen molar-refractivity contribution in [1.82, 2.24) is 15.2 Å². The zero-order valence-electron chi connectivity index (χ0n) is 10.9. The van der Waals surface area contributed by atoms with Crippen LogP contribution >= 0.6 is 15.9 Å². The average molecular weight is 314 g/mol. The third kappa shape index (κ3) is 3.09. The monoisotopic (exact) mass is 313 g/mol. The number of hydrogen-bond donors (Lipinski definition) is 1. The van der Waals surface area contributed by atoms with E-state index in [2.05, 4.69) is 44.1 Å². The average Bonchev–Trinajstić information content (AvgIpc) is 2.38. The molecule has 4 nitrogen and oxygen atoms in total. The molecule has 0 amide bonds. The van der Waals surface area contributed by atoms with Crippen LogP contribution in [0.15, 0.2) is 22.9 Å². The number of halogens is 1. The number of morpholine rings is 1.